The van der Waals surface area contributed by atoms with Crippen LogP contribution in [0.3, 0.4) is 0 Å². The number of hydrogen-bond acceptors (Lipinski definition) is 5. The van der Waals surface area contributed by atoms with Gasteiger partial charge in [-0.2, -0.15) is 0 Å². The lowest BCUT2D eigenvalue weighted by Gasteiger charge is -2.32. The highest BCUT2D eigenvalue weighted by molar-refractivity contribution is 5.78. The first-order valence-corrected chi connectivity index (χ1v) is 7.12. The topological polar surface area (TPSA) is 67.9 Å². The predicted molar refractivity (Wildman–Crippen MR) is 75.3 cm³/mol. The van der Waals surface area contributed by atoms with Gasteiger partial charge in [0.1, 0.15) is 0 Å². The largest absolute Gasteiger partial charge is 0.469 e. The summed E-state index contributed by atoms with van der Waals surface area (Å²) < 4.78 is 10.1. The van der Waals surface area contributed by atoms with Crippen molar-refractivity contribution in [2.75, 3.05) is 33.4 Å². The summed E-state index contributed by atoms with van der Waals surface area (Å²) in [5.74, 6) is 0.148. The third-order valence-electron chi connectivity index (χ3n) is 3.60. The van der Waals surface area contributed by atoms with E-state index in [1.54, 1.807) is 0 Å². The molecule has 1 saturated heterocycles. The summed E-state index contributed by atoms with van der Waals surface area (Å²) >= 11 is 0. The summed E-state index contributed by atoms with van der Waals surface area (Å²) in [5.41, 5.74) is 0. The maximum absolute atomic E-state index is 11.9. The van der Waals surface area contributed by atoms with Crippen LogP contribution in [0.25, 0.3) is 0 Å². The highest BCUT2D eigenvalue weighted by Gasteiger charge is 2.25. The summed E-state index contributed by atoms with van der Waals surface area (Å²) in [6, 6.07) is 0.161. The molecular formula is C14H26N2O4. The summed E-state index contributed by atoms with van der Waals surface area (Å²) in [7, 11) is 1.36. The fourth-order valence-corrected chi connectivity index (χ4v) is 1.99. The molecule has 0 aromatic carbocycles. The van der Waals surface area contributed by atoms with Crippen LogP contribution in [-0.4, -0.2) is 62.3 Å². The number of carbonyl (C=O) groups is 2. The summed E-state index contributed by atoms with van der Waals surface area (Å²) in [4.78, 5) is 25.2. The second-order valence-corrected chi connectivity index (χ2v) is 5.61. The SMILES string of the molecule is COC(=O)CC1CN(CC(=O)NC(C)C(C)C)CCO1. The second kappa shape index (κ2) is 8.21. The number of nitrogens with one attached hydrogen (secondary N) is 1. The highest BCUT2D eigenvalue weighted by Crippen LogP contribution is 2.09. The molecule has 1 aliphatic heterocycles. The van der Waals surface area contributed by atoms with Crippen LogP contribution >= 0.6 is 0 Å². The second-order valence-electron chi connectivity index (χ2n) is 5.61. The maximum atomic E-state index is 11.9. The van der Waals surface area contributed by atoms with E-state index in [0.29, 0.717) is 32.2 Å². The average Bonchev–Trinajstić information content (AvgIpc) is 2.38. The quantitative estimate of drug-likeness (QED) is 0.716. The molecule has 2 unspecified atom stereocenters. The summed E-state index contributed by atoms with van der Waals surface area (Å²) in [6.07, 6.45) is 0.0447. The Morgan fingerprint density at radius 2 is 2.10 bits per heavy atom. The molecule has 6 nitrogen and oxygen atoms in total. The third kappa shape index (κ3) is 5.88. The van der Waals surface area contributed by atoms with E-state index < -0.39 is 0 Å². The van der Waals surface area contributed by atoms with Crippen LogP contribution in [-0.2, 0) is 19.1 Å². The molecule has 1 aliphatic rings. The van der Waals surface area contributed by atoms with Crippen LogP contribution in [0.2, 0.25) is 0 Å². The minimum absolute atomic E-state index is 0.0184. The van der Waals surface area contributed by atoms with Gasteiger partial charge in [-0.15, -0.1) is 0 Å². The van der Waals surface area contributed by atoms with Gasteiger partial charge in [0.15, 0.2) is 0 Å². The standard InChI is InChI=1S/C14H26N2O4/c1-10(2)11(3)15-13(17)9-16-5-6-20-12(8-16)7-14(18)19-4/h10-12H,5-9H2,1-4H3,(H,15,17). The van der Waals surface area contributed by atoms with Crippen molar-refractivity contribution < 1.29 is 19.1 Å². The van der Waals surface area contributed by atoms with Gasteiger partial charge in [0.05, 0.1) is 32.8 Å². The Kier molecular flexibility index (Phi) is 6.95. The zero-order valence-corrected chi connectivity index (χ0v) is 12.8. The van der Waals surface area contributed by atoms with Crippen molar-refractivity contribution in [2.45, 2.75) is 39.3 Å². The van der Waals surface area contributed by atoms with E-state index in [-0.39, 0.29) is 30.4 Å². The molecule has 0 saturated carbocycles. The molecule has 0 aromatic heterocycles. The number of morpholine rings is 1. The molecule has 2 atom stereocenters. The molecular weight excluding hydrogens is 260 g/mol. The van der Waals surface area contributed by atoms with E-state index in [1.807, 2.05) is 11.8 Å². The number of carbonyl (C=O) groups excluding carboxylic acids is 2. The lowest BCUT2D eigenvalue weighted by molar-refractivity contribution is -0.145. The normalized spacial score (nSPS) is 21.6. The van der Waals surface area contributed by atoms with Crippen molar-refractivity contribution in [3.05, 3.63) is 0 Å². The van der Waals surface area contributed by atoms with Crippen molar-refractivity contribution in [3.63, 3.8) is 0 Å². The molecule has 0 aliphatic carbocycles. The van der Waals surface area contributed by atoms with Gasteiger partial charge >= 0.3 is 5.97 Å². The smallest absolute Gasteiger partial charge is 0.308 e. The molecule has 0 bridgehead atoms. The van der Waals surface area contributed by atoms with E-state index in [9.17, 15) is 9.59 Å². The lowest BCUT2D eigenvalue weighted by atomic mass is 10.1. The molecule has 1 heterocycles. The van der Waals surface area contributed by atoms with Gasteiger partial charge in [-0.05, 0) is 12.8 Å². The van der Waals surface area contributed by atoms with Gasteiger partial charge in [0.25, 0.3) is 0 Å². The highest BCUT2D eigenvalue weighted by atomic mass is 16.5. The fourth-order valence-electron chi connectivity index (χ4n) is 1.99. The number of amides is 1. The molecule has 20 heavy (non-hydrogen) atoms. The first-order valence-electron chi connectivity index (χ1n) is 7.12. The third-order valence-corrected chi connectivity index (χ3v) is 3.60. The van der Waals surface area contributed by atoms with Gasteiger partial charge in [0.2, 0.25) is 5.91 Å². The number of nitrogens with zero attached hydrogens (tertiary/aromatic N) is 1. The first kappa shape index (κ1) is 16.9. The van der Waals surface area contributed by atoms with Crippen LogP contribution in [0, 0.1) is 5.92 Å². The van der Waals surface area contributed by atoms with E-state index in [0.717, 1.165) is 0 Å². The van der Waals surface area contributed by atoms with E-state index in [4.69, 9.17) is 4.74 Å². The van der Waals surface area contributed by atoms with Crippen LogP contribution in [0.15, 0.2) is 0 Å². The van der Waals surface area contributed by atoms with Crippen LogP contribution < -0.4 is 5.32 Å². The summed E-state index contributed by atoms with van der Waals surface area (Å²) in [5, 5.41) is 2.98. The van der Waals surface area contributed by atoms with Crippen LogP contribution in [0.4, 0.5) is 0 Å². The predicted octanol–water partition coefficient (Wildman–Crippen LogP) is 0.411. The molecule has 0 aromatic rings. The van der Waals surface area contributed by atoms with Gasteiger partial charge in [-0.1, -0.05) is 13.8 Å². The zero-order valence-electron chi connectivity index (χ0n) is 12.8. The Morgan fingerprint density at radius 3 is 2.70 bits per heavy atom. The molecule has 116 valence electrons. The lowest BCUT2D eigenvalue weighted by Crippen LogP contribution is -2.49. The van der Waals surface area contributed by atoms with Gasteiger partial charge < -0.3 is 14.8 Å². The minimum Gasteiger partial charge on any atom is -0.469 e. The molecule has 1 rings (SSSR count). The first-order chi connectivity index (χ1) is 9.42. The van der Waals surface area contributed by atoms with Crippen molar-refractivity contribution in [3.8, 4) is 0 Å². The van der Waals surface area contributed by atoms with Crippen molar-refractivity contribution in [1.82, 2.24) is 10.2 Å². The molecule has 0 radical (unpaired) electrons. The monoisotopic (exact) mass is 286 g/mol. The zero-order chi connectivity index (χ0) is 15.1. The van der Waals surface area contributed by atoms with Crippen LogP contribution in [0.1, 0.15) is 27.2 Å². The number of esters is 1. The molecule has 1 amide bonds. The maximum Gasteiger partial charge on any atom is 0.308 e. The summed E-state index contributed by atoms with van der Waals surface area (Å²) in [6.45, 7) is 8.33. The Bertz CT molecular complexity index is 333. The van der Waals surface area contributed by atoms with Gasteiger partial charge in [0, 0.05) is 19.1 Å². The Labute approximate surface area is 120 Å². The number of hydrogen-bond donors (Lipinski definition) is 1. The number of methoxy groups -OCH3 is 1. The Balaban J connectivity index is 2.36. The van der Waals surface area contributed by atoms with Crippen molar-refractivity contribution in [2.24, 2.45) is 5.92 Å². The molecule has 1 N–H and O–H groups in total. The van der Waals surface area contributed by atoms with Gasteiger partial charge in [-0.25, -0.2) is 0 Å². The van der Waals surface area contributed by atoms with E-state index in [2.05, 4.69) is 23.9 Å². The molecule has 0 spiro atoms. The van der Waals surface area contributed by atoms with Crippen molar-refractivity contribution in [1.29, 1.82) is 0 Å². The number of rotatable bonds is 6. The Morgan fingerprint density at radius 1 is 1.40 bits per heavy atom. The molecule has 6 heteroatoms. The van der Waals surface area contributed by atoms with Crippen molar-refractivity contribution >= 4 is 11.9 Å². The average molecular weight is 286 g/mol. The Hall–Kier alpha value is -1.14. The van der Waals surface area contributed by atoms with E-state index >= 15 is 0 Å². The van der Waals surface area contributed by atoms with Crippen LogP contribution in [0.5, 0.6) is 0 Å². The van der Waals surface area contributed by atoms with Gasteiger partial charge in [-0.3, -0.25) is 14.5 Å². The fraction of sp³-hybridized carbons (Fsp3) is 0.857. The van der Waals surface area contributed by atoms with E-state index in [1.165, 1.54) is 7.11 Å². The minimum atomic E-state index is -0.283. The molecule has 1 fully saturated rings. The number of ether oxygens (including phenoxy) is 2.